The molecule has 3 nitrogen and oxygen atoms in total. The lowest BCUT2D eigenvalue weighted by molar-refractivity contribution is 0.529. The summed E-state index contributed by atoms with van der Waals surface area (Å²) >= 11 is 0. The van der Waals surface area contributed by atoms with Gasteiger partial charge in [-0.25, -0.2) is 13.1 Å². The summed E-state index contributed by atoms with van der Waals surface area (Å²) in [7, 11) is -3.22. The predicted octanol–water partition coefficient (Wildman–Crippen LogP) is 2.86. The van der Waals surface area contributed by atoms with Gasteiger partial charge in [-0.05, 0) is 25.8 Å². The number of rotatable bonds is 6. The van der Waals surface area contributed by atoms with Crippen LogP contribution in [0.5, 0.6) is 0 Å². The zero-order chi connectivity index (χ0) is 12.9. The summed E-state index contributed by atoms with van der Waals surface area (Å²) in [6, 6.07) is 9.60. The fraction of sp³-hybridized carbons (Fsp3) is 0.538. The van der Waals surface area contributed by atoms with Crippen LogP contribution in [0.4, 0.5) is 0 Å². The Labute approximate surface area is 104 Å². The van der Waals surface area contributed by atoms with Gasteiger partial charge >= 0.3 is 0 Å². The van der Waals surface area contributed by atoms with Gasteiger partial charge in [0.15, 0.2) is 0 Å². The van der Waals surface area contributed by atoms with E-state index in [1.807, 2.05) is 30.3 Å². The molecular weight excluding hydrogens is 234 g/mol. The van der Waals surface area contributed by atoms with Crippen molar-refractivity contribution in [1.29, 1.82) is 0 Å². The zero-order valence-corrected chi connectivity index (χ0v) is 11.5. The van der Waals surface area contributed by atoms with E-state index >= 15 is 0 Å². The van der Waals surface area contributed by atoms with E-state index in [1.54, 1.807) is 13.8 Å². The number of sulfonamides is 1. The van der Waals surface area contributed by atoms with Crippen LogP contribution >= 0.6 is 0 Å². The topological polar surface area (TPSA) is 46.2 Å². The van der Waals surface area contributed by atoms with Gasteiger partial charge in [0.25, 0.3) is 0 Å². The third-order valence-electron chi connectivity index (χ3n) is 2.71. The SMILES string of the molecule is CCCC(NS(=O)(=O)C(C)C)c1ccccc1. The normalized spacial score (nSPS) is 13.9. The molecular formula is C13H21NO2S. The lowest BCUT2D eigenvalue weighted by Gasteiger charge is -2.20. The van der Waals surface area contributed by atoms with Crippen LogP contribution in [0.25, 0.3) is 0 Å². The highest BCUT2D eigenvalue weighted by atomic mass is 32.2. The maximum Gasteiger partial charge on any atom is 0.214 e. The minimum Gasteiger partial charge on any atom is -0.212 e. The second-order valence-electron chi connectivity index (χ2n) is 4.46. The zero-order valence-electron chi connectivity index (χ0n) is 10.7. The van der Waals surface area contributed by atoms with Gasteiger partial charge in [0, 0.05) is 6.04 Å². The Kier molecular flexibility index (Phi) is 5.15. The van der Waals surface area contributed by atoms with Crippen LogP contribution < -0.4 is 4.72 Å². The Hall–Kier alpha value is -0.870. The molecule has 1 N–H and O–H groups in total. The Balaban J connectivity index is 2.89. The molecule has 1 aromatic rings. The summed E-state index contributed by atoms with van der Waals surface area (Å²) in [4.78, 5) is 0. The summed E-state index contributed by atoms with van der Waals surface area (Å²) in [6.45, 7) is 5.44. The van der Waals surface area contributed by atoms with E-state index in [2.05, 4.69) is 11.6 Å². The van der Waals surface area contributed by atoms with Crippen molar-refractivity contribution in [1.82, 2.24) is 4.72 Å². The summed E-state index contributed by atoms with van der Waals surface area (Å²) in [5.74, 6) is 0. The van der Waals surface area contributed by atoms with Crippen molar-refractivity contribution in [3.05, 3.63) is 35.9 Å². The van der Waals surface area contributed by atoms with Gasteiger partial charge in [0.2, 0.25) is 10.0 Å². The van der Waals surface area contributed by atoms with Crippen LogP contribution in [0.2, 0.25) is 0 Å². The molecule has 0 saturated heterocycles. The van der Waals surface area contributed by atoms with Crippen molar-refractivity contribution in [2.24, 2.45) is 0 Å². The van der Waals surface area contributed by atoms with Gasteiger partial charge in [-0.2, -0.15) is 0 Å². The van der Waals surface area contributed by atoms with Crippen molar-refractivity contribution < 1.29 is 8.42 Å². The Bertz CT molecular complexity index is 426. The average Bonchev–Trinajstić information content (AvgIpc) is 2.29. The van der Waals surface area contributed by atoms with E-state index in [0.717, 1.165) is 18.4 Å². The number of hydrogen-bond donors (Lipinski definition) is 1. The van der Waals surface area contributed by atoms with E-state index in [0.29, 0.717) is 0 Å². The smallest absolute Gasteiger partial charge is 0.212 e. The maximum absolute atomic E-state index is 11.9. The lowest BCUT2D eigenvalue weighted by atomic mass is 10.0. The molecule has 0 fully saturated rings. The van der Waals surface area contributed by atoms with E-state index < -0.39 is 15.3 Å². The molecule has 1 unspecified atom stereocenters. The van der Waals surface area contributed by atoms with E-state index in [1.165, 1.54) is 0 Å². The van der Waals surface area contributed by atoms with Crippen molar-refractivity contribution >= 4 is 10.0 Å². The highest BCUT2D eigenvalue weighted by Crippen LogP contribution is 2.20. The molecule has 0 bridgehead atoms. The standard InChI is InChI=1S/C13H21NO2S/c1-4-8-13(12-9-6-5-7-10-12)14-17(15,16)11(2)3/h5-7,9-11,13-14H,4,8H2,1-3H3. The van der Waals surface area contributed by atoms with Crippen LogP contribution in [0, 0.1) is 0 Å². The minimum absolute atomic E-state index is 0.117. The van der Waals surface area contributed by atoms with E-state index in [-0.39, 0.29) is 6.04 Å². The minimum atomic E-state index is -3.22. The highest BCUT2D eigenvalue weighted by molar-refractivity contribution is 7.90. The Morgan fingerprint density at radius 3 is 2.24 bits per heavy atom. The van der Waals surface area contributed by atoms with Crippen LogP contribution in [0.15, 0.2) is 30.3 Å². The molecule has 1 atom stereocenters. The fourth-order valence-corrected chi connectivity index (χ4v) is 2.52. The molecule has 0 aliphatic heterocycles. The predicted molar refractivity (Wildman–Crippen MR) is 71.3 cm³/mol. The molecule has 0 aliphatic rings. The first-order chi connectivity index (χ1) is 7.97. The molecule has 0 amide bonds. The van der Waals surface area contributed by atoms with Crippen LogP contribution in [0.3, 0.4) is 0 Å². The summed E-state index contributed by atoms with van der Waals surface area (Å²) in [5.41, 5.74) is 1.03. The number of nitrogens with one attached hydrogen (secondary N) is 1. The fourth-order valence-electron chi connectivity index (χ4n) is 1.60. The molecule has 17 heavy (non-hydrogen) atoms. The first kappa shape index (κ1) is 14.2. The van der Waals surface area contributed by atoms with Crippen LogP contribution in [-0.4, -0.2) is 13.7 Å². The quantitative estimate of drug-likeness (QED) is 0.849. The van der Waals surface area contributed by atoms with Crippen molar-refractivity contribution in [2.45, 2.75) is 44.9 Å². The van der Waals surface area contributed by atoms with Crippen LogP contribution in [0.1, 0.15) is 45.2 Å². The summed E-state index contributed by atoms with van der Waals surface area (Å²) in [5, 5.41) is -0.398. The molecule has 96 valence electrons. The molecule has 0 heterocycles. The molecule has 0 saturated carbocycles. The van der Waals surface area contributed by atoms with E-state index in [4.69, 9.17) is 0 Å². The molecule has 0 aromatic heterocycles. The Morgan fingerprint density at radius 2 is 1.76 bits per heavy atom. The highest BCUT2D eigenvalue weighted by Gasteiger charge is 2.21. The van der Waals surface area contributed by atoms with Gasteiger partial charge in [0.05, 0.1) is 5.25 Å². The molecule has 0 aliphatic carbocycles. The molecule has 1 aromatic carbocycles. The van der Waals surface area contributed by atoms with Crippen LogP contribution in [-0.2, 0) is 10.0 Å². The molecule has 1 rings (SSSR count). The van der Waals surface area contributed by atoms with Crippen molar-refractivity contribution in [3.8, 4) is 0 Å². The Morgan fingerprint density at radius 1 is 1.18 bits per heavy atom. The van der Waals surface area contributed by atoms with Gasteiger partial charge in [-0.15, -0.1) is 0 Å². The third kappa shape index (κ3) is 4.13. The first-order valence-electron chi connectivity index (χ1n) is 6.03. The van der Waals surface area contributed by atoms with Gasteiger partial charge < -0.3 is 0 Å². The second-order valence-corrected chi connectivity index (χ2v) is 6.73. The van der Waals surface area contributed by atoms with E-state index in [9.17, 15) is 8.42 Å². The molecule has 4 heteroatoms. The van der Waals surface area contributed by atoms with Gasteiger partial charge in [-0.3, -0.25) is 0 Å². The third-order valence-corrected chi connectivity index (χ3v) is 4.56. The van der Waals surface area contributed by atoms with Gasteiger partial charge in [-0.1, -0.05) is 43.7 Å². The molecule has 0 radical (unpaired) electrons. The monoisotopic (exact) mass is 255 g/mol. The van der Waals surface area contributed by atoms with Crippen molar-refractivity contribution in [2.75, 3.05) is 0 Å². The van der Waals surface area contributed by atoms with Crippen molar-refractivity contribution in [3.63, 3.8) is 0 Å². The lowest BCUT2D eigenvalue weighted by Crippen LogP contribution is -2.34. The summed E-state index contributed by atoms with van der Waals surface area (Å²) in [6.07, 6.45) is 1.76. The second kappa shape index (κ2) is 6.17. The first-order valence-corrected chi connectivity index (χ1v) is 7.58. The molecule has 0 spiro atoms. The largest absolute Gasteiger partial charge is 0.214 e. The average molecular weight is 255 g/mol. The number of benzene rings is 1. The maximum atomic E-state index is 11.9. The van der Waals surface area contributed by atoms with Gasteiger partial charge in [0.1, 0.15) is 0 Å². The number of hydrogen-bond acceptors (Lipinski definition) is 2. The summed E-state index contributed by atoms with van der Waals surface area (Å²) < 4.78 is 26.5.